The summed E-state index contributed by atoms with van der Waals surface area (Å²) in [5.41, 5.74) is 1.64. The number of H-pyrrole nitrogens is 1. The first kappa shape index (κ1) is 17.2. The summed E-state index contributed by atoms with van der Waals surface area (Å²) in [6.45, 7) is 3.41. The highest BCUT2D eigenvalue weighted by Crippen LogP contribution is 2.23. The normalized spacial score (nSPS) is 22.5. The third-order valence-corrected chi connectivity index (χ3v) is 5.58. The van der Waals surface area contributed by atoms with Crippen LogP contribution in [0, 0.1) is 0 Å². The molecule has 1 amide bonds. The molecule has 1 atom stereocenters. The summed E-state index contributed by atoms with van der Waals surface area (Å²) in [5, 5.41) is 9.89. The molecule has 0 radical (unpaired) electrons. The van der Waals surface area contributed by atoms with E-state index in [1.165, 1.54) is 0 Å². The van der Waals surface area contributed by atoms with Crippen LogP contribution in [0.25, 0.3) is 11.4 Å². The lowest BCUT2D eigenvalue weighted by Crippen LogP contribution is -2.50. The minimum atomic E-state index is -0.187. The van der Waals surface area contributed by atoms with Gasteiger partial charge in [-0.05, 0) is 44.4 Å². The van der Waals surface area contributed by atoms with Gasteiger partial charge in [-0.25, -0.2) is 4.98 Å². The summed E-state index contributed by atoms with van der Waals surface area (Å²) in [4.78, 5) is 24.6. The van der Waals surface area contributed by atoms with E-state index in [0.29, 0.717) is 11.6 Å². The highest BCUT2D eigenvalue weighted by atomic mass is 16.3. The maximum absolute atomic E-state index is 12.9. The van der Waals surface area contributed by atoms with E-state index in [1.807, 2.05) is 29.2 Å². The van der Waals surface area contributed by atoms with Gasteiger partial charge in [0.15, 0.2) is 0 Å². The fourth-order valence-corrected chi connectivity index (χ4v) is 4.15. The van der Waals surface area contributed by atoms with Crippen molar-refractivity contribution in [2.45, 2.75) is 37.8 Å². The number of imidazole rings is 1. The Morgan fingerprint density at radius 1 is 1.19 bits per heavy atom. The summed E-state index contributed by atoms with van der Waals surface area (Å²) in [5.74, 6) is 0.873. The minimum absolute atomic E-state index is 0.0931. The van der Waals surface area contributed by atoms with Crippen LogP contribution in [0.1, 0.15) is 36.0 Å². The molecule has 0 spiro atoms. The number of rotatable bonds is 3. The summed E-state index contributed by atoms with van der Waals surface area (Å²) >= 11 is 0. The molecular formula is C20H26N4O2. The van der Waals surface area contributed by atoms with Crippen LogP contribution < -0.4 is 0 Å². The van der Waals surface area contributed by atoms with Crippen LogP contribution in [0.4, 0.5) is 0 Å². The molecule has 2 aromatic rings. The van der Waals surface area contributed by atoms with Crippen molar-refractivity contribution in [2.24, 2.45) is 0 Å². The van der Waals surface area contributed by atoms with Gasteiger partial charge in [0.05, 0.1) is 6.10 Å². The first-order valence-electron chi connectivity index (χ1n) is 9.52. The van der Waals surface area contributed by atoms with Crippen molar-refractivity contribution in [3.8, 4) is 11.4 Å². The summed E-state index contributed by atoms with van der Waals surface area (Å²) in [7, 11) is 0. The smallest absolute Gasteiger partial charge is 0.253 e. The molecule has 2 aliphatic rings. The number of amides is 1. The second-order valence-corrected chi connectivity index (χ2v) is 7.33. The number of hydrogen-bond acceptors (Lipinski definition) is 4. The second kappa shape index (κ2) is 7.60. The summed E-state index contributed by atoms with van der Waals surface area (Å²) < 4.78 is 0. The van der Waals surface area contributed by atoms with E-state index in [4.69, 9.17) is 0 Å². The number of nitrogens with zero attached hydrogens (tertiary/aromatic N) is 3. The molecule has 1 aromatic heterocycles. The van der Waals surface area contributed by atoms with Crippen LogP contribution >= 0.6 is 0 Å². The molecule has 2 saturated heterocycles. The molecule has 2 aliphatic heterocycles. The number of nitrogens with one attached hydrogen (secondary N) is 1. The Kier molecular flexibility index (Phi) is 5.04. The van der Waals surface area contributed by atoms with Gasteiger partial charge in [0.25, 0.3) is 5.91 Å². The monoisotopic (exact) mass is 354 g/mol. The van der Waals surface area contributed by atoms with E-state index in [2.05, 4.69) is 14.9 Å². The molecule has 0 bridgehead atoms. The van der Waals surface area contributed by atoms with Gasteiger partial charge < -0.3 is 15.0 Å². The Morgan fingerprint density at radius 2 is 2.04 bits per heavy atom. The zero-order chi connectivity index (χ0) is 17.9. The van der Waals surface area contributed by atoms with Crippen molar-refractivity contribution in [3.63, 3.8) is 0 Å². The molecular weight excluding hydrogens is 328 g/mol. The molecule has 0 unspecified atom stereocenters. The quantitative estimate of drug-likeness (QED) is 0.886. The minimum Gasteiger partial charge on any atom is -0.392 e. The number of aromatic nitrogens is 2. The highest BCUT2D eigenvalue weighted by molar-refractivity contribution is 5.95. The molecule has 0 saturated carbocycles. The molecule has 6 nitrogen and oxygen atoms in total. The van der Waals surface area contributed by atoms with Gasteiger partial charge >= 0.3 is 0 Å². The van der Waals surface area contributed by atoms with Crippen LogP contribution in [-0.2, 0) is 0 Å². The number of aromatic amines is 1. The topological polar surface area (TPSA) is 72.5 Å². The van der Waals surface area contributed by atoms with Crippen molar-refractivity contribution >= 4 is 5.91 Å². The molecule has 138 valence electrons. The van der Waals surface area contributed by atoms with Crippen molar-refractivity contribution in [3.05, 3.63) is 42.2 Å². The summed E-state index contributed by atoms with van der Waals surface area (Å²) in [6, 6.07) is 8.15. The van der Waals surface area contributed by atoms with Gasteiger partial charge in [0.2, 0.25) is 0 Å². The average molecular weight is 354 g/mol. The highest BCUT2D eigenvalue weighted by Gasteiger charge is 2.30. The van der Waals surface area contributed by atoms with E-state index in [1.54, 1.807) is 12.4 Å². The number of piperidine rings is 2. The first-order valence-corrected chi connectivity index (χ1v) is 9.52. The van der Waals surface area contributed by atoms with E-state index in [-0.39, 0.29) is 12.0 Å². The lowest BCUT2D eigenvalue weighted by Gasteiger charge is -2.41. The average Bonchev–Trinajstić information content (AvgIpc) is 3.23. The van der Waals surface area contributed by atoms with Crippen LogP contribution in [0.15, 0.2) is 36.7 Å². The summed E-state index contributed by atoms with van der Waals surface area (Å²) in [6.07, 6.45) is 7.26. The molecule has 4 rings (SSSR count). The lowest BCUT2D eigenvalue weighted by molar-refractivity contribution is 0.0241. The number of carbonyl (C=O) groups excluding carboxylic acids is 1. The standard InChI is InChI=1S/C20H26N4O2/c25-18-5-2-10-24(14-18)17-6-11-23(12-7-17)20(26)16-4-1-3-15(13-16)19-21-8-9-22-19/h1,3-4,8-9,13,17-18,25H,2,5-7,10-12,14H2,(H,21,22)/t18-/m1/s1. The number of β-amino-alcohol motifs (C(OH)–C–C–N with tert-alkyl or cyclic N) is 1. The Hall–Kier alpha value is -2.18. The molecule has 2 N–H and O–H groups in total. The van der Waals surface area contributed by atoms with Crippen LogP contribution in [0.3, 0.4) is 0 Å². The fraction of sp³-hybridized carbons (Fsp3) is 0.500. The van der Waals surface area contributed by atoms with Gasteiger partial charge in [0.1, 0.15) is 5.82 Å². The van der Waals surface area contributed by atoms with E-state index >= 15 is 0 Å². The van der Waals surface area contributed by atoms with Gasteiger partial charge in [-0.2, -0.15) is 0 Å². The maximum Gasteiger partial charge on any atom is 0.253 e. The molecule has 2 fully saturated rings. The molecule has 0 aliphatic carbocycles. The van der Waals surface area contributed by atoms with Gasteiger partial charge in [-0.15, -0.1) is 0 Å². The van der Waals surface area contributed by atoms with Crippen molar-refractivity contribution in [1.82, 2.24) is 19.8 Å². The first-order chi connectivity index (χ1) is 12.7. The Balaban J connectivity index is 1.38. The third kappa shape index (κ3) is 3.66. The Labute approximate surface area is 153 Å². The van der Waals surface area contributed by atoms with Crippen molar-refractivity contribution in [1.29, 1.82) is 0 Å². The SMILES string of the molecule is O=C(c1cccc(-c2ncc[nH]2)c1)N1CCC(N2CCC[C@@H](O)C2)CC1. The van der Waals surface area contributed by atoms with E-state index < -0.39 is 0 Å². The molecule has 6 heteroatoms. The van der Waals surface area contributed by atoms with Crippen molar-refractivity contribution in [2.75, 3.05) is 26.2 Å². The number of likely N-dealkylation sites (tertiary alicyclic amines) is 2. The number of aliphatic hydroxyl groups is 1. The predicted molar refractivity (Wildman–Crippen MR) is 99.8 cm³/mol. The lowest BCUT2D eigenvalue weighted by atomic mass is 9.98. The van der Waals surface area contributed by atoms with Crippen molar-refractivity contribution < 1.29 is 9.90 Å². The fourth-order valence-electron chi connectivity index (χ4n) is 4.15. The largest absolute Gasteiger partial charge is 0.392 e. The van der Waals surface area contributed by atoms with Crippen LogP contribution in [0.2, 0.25) is 0 Å². The van der Waals surface area contributed by atoms with Gasteiger partial charge in [-0.1, -0.05) is 12.1 Å². The van der Waals surface area contributed by atoms with Gasteiger partial charge in [0, 0.05) is 49.2 Å². The number of hydrogen-bond donors (Lipinski definition) is 2. The third-order valence-electron chi connectivity index (χ3n) is 5.58. The van der Waals surface area contributed by atoms with E-state index in [9.17, 15) is 9.90 Å². The molecule has 3 heterocycles. The second-order valence-electron chi connectivity index (χ2n) is 7.33. The zero-order valence-electron chi connectivity index (χ0n) is 15.0. The molecule has 26 heavy (non-hydrogen) atoms. The maximum atomic E-state index is 12.9. The van der Waals surface area contributed by atoms with Crippen LogP contribution in [-0.4, -0.2) is 69.1 Å². The predicted octanol–water partition coefficient (Wildman–Crippen LogP) is 2.14. The Morgan fingerprint density at radius 3 is 2.77 bits per heavy atom. The van der Waals surface area contributed by atoms with E-state index in [0.717, 1.165) is 63.3 Å². The van der Waals surface area contributed by atoms with Crippen LogP contribution in [0.5, 0.6) is 0 Å². The number of carbonyl (C=O) groups is 1. The Bertz CT molecular complexity index is 738. The van der Waals surface area contributed by atoms with Gasteiger partial charge in [-0.3, -0.25) is 9.69 Å². The molecule has 1 aromatic carbocycles. The number of aliphatic hydroxyl groups excluding tert-OH is 1. The number of benzene rings is 1. The zero-order valence-corrected chi connectivity index (χ0v) is 15.0.